The topological polar surface area (TPSA) is 66.1 Å². The van der Waals surface area contributed by atoms with E-state index in [2.05, 4.69) is 36.4 Å². The molecule has 3 rings (SSSR count). The summed E-state index contributed by atoms with van der Waals surface area (Å²) in [6.07, 6.45) is 2.51. The lowest BCUT2D eigenvalue weighted by molar-refractivity contribution is 0.222. The van der Waals surface area contributed by atoms with Crippen molar-refractivity contribution in [3.63, 3.8) is 0 Å². The molecule has 0 saturated carbocycles. The van der Waals surface area contributed by atoms with Gasteiger partial charge in [-0.3, -0.25) is 4.90 Å². The monoisotopic (exact) mass is 333 g/mol. The number of hydrogen-bond donors (Lipinski definition) is 1. The first-order valence-electron chi connectivity index (χ1n) is 7.90. The zero-order valence-corrected chi connectivity index (χ0v) is 14.5. The third kappa shape index (κ3) is 3.33. The second-order valence-electron chi connectivity index (χ2n) is 6.36. The maximum absolute atomic E-state index is 11.7. The van der Waals surface area contributed by atoms with Crippen molar-refractivity contribution >= 4 is 20.9 Å². The number of aryl methyl sites for hydroxylation is 2. The van der Waals surface area contributed by atoms with E-state index in [0.29, 0.717) is 19.5 Å². The van der Waals surface area contributed by atoms with E-state index in [-0.39, 0.29) is 17.5 Å². The predicted molar refractivity (Wildman–Crippen MR) is 93.2 cm³/mol. The molecule has 2 aromatic rings. The first kappa shape index (κ1) is 16.2. The lowest BCUT2D eigenvalue weighted by Crippen LogP contribution is -2.36. The van der Waals surface area contributed by atoms with E-state index in [1.807, 2.05) is 12.1 Å². The maximum Gasteiger partial charge on any atom is 0.151 e. The van der Waals surface area contributed by atoms with E-state index in [9.17, 15) is 8.42 Å². The lowest BCUT2D eigenvalue weighted by atomic mass is 10.1. The Labute approximate surface area is 137 Å². The third-order valence-electron chi connectivity index (χ3n) is 4.67. The SMILES string of the molecule is C=CCN(Cc1nc2c(C)c(C)ccc2[nH]1)C1CCS(=O)(=O)C1. The number of sulfone groups is 1. The van der Waals surface area contributed by atoms with Crippen molar-refractivity contribution in [2.24, 2.45) is 0 Å². The smallest absolute Gasteiger partial charge is 0.151 e. The van der Waals surface area contributed by atoms with Crippen LogP contribution in [0.5, 0.6) is 0 Å². The van der Waals surface area contributed by atoms with Gasteiger partial charge < -0.3 is 4.98 Å². The van der Waals surface area contributed by atoms with Crippen molar-refractivity contribution in [2.75, 3.05) is 18.1 Å². The summed E-state index contributed by atoms with van der Waals surface area (Å²) >= 11 is 0. The van der Waals surface area contributed by atoms with Gasteiger partial charge in [0, 0.05) is 12.6 Å². The summed E-state index contributed by atoms with van der Waals surface area (Å²) in [5.74, 6) is 1.39. The number of fused-ring (bicyclic) bond motifs is 1. The zero-order chi connectivity index (χ0) is 16.6. The molecule has 1 N–H and O–H groups in total. The Hall–Kier alpha value is -1.66. The van der Waals surface area contributed by atoms with Crippen LogP contribution in [0.4, 0.5) is 0 Å². The molecule has 1 aromatic heterocycles. The Morgan fingerprint density at radius 1 is 1.43 bits per heavy atom. The molecule has 1 aliphatic heterocycles. The van der Waals surface area contributed by atoms with Gasteiger partial charge in [-0.25, -0.2) is 13.4 Å². The minimum atomic E-state index is -2.89. The van der Waals surface area contributed by atoms with Gasteiger partial charge in [0.2, 0.25) is 0 Å². The highest BCUT2D eigenvalue weighted by Gasteiger charge is 2.32. The number of aromatic nitrogens is 2. The summed E-state index contributed by atoms with van der Waals surface area (Å²) in [6, 6.07) is 4.19. The standard InChI is InChI=1S/C17H23N3O2S/c1-4-8-20(14-7-9-23(21,22)11-14)10-16-18-15-6-5-12(2)13(3)17(15)19-16/h4-6,14H,1,7-11H2,2-3H3,(H,18,19). The molecule has 5 nitrogen and oxygen atoms in total. The molecule has 0 radical (unpaired) electrons. The van der Waals surface area contributed by atoms with Crippen LogP contribution in [0, 0.1) is 13.8 Å². The number of nitrogens with one attached hydrogen (secondary N) is 1. The minimum Gasteiger partial charge on any atom is -0.341 e. The van der Waals surface area contributed by atoms with E-state index in [0.717, 1.165) is 16.9 Å². The van der Waals surface area contributed by atoms with Gasteiger partial charge in [0.05, 0.1) is 29.1 Å². The van der Waals surface area contributed by atoms with E-state index in [4.69, 9.17) is 4.98 Å². The molecular weight excluding hydrogens is 310 g/mol. The number of imidazole rings is 1. The number of nitrogens with zero attached hydrogens (tertiary/aromatic N) is 2. The molecule has 1 saturated heterocycles. The highest BCUT2D eigenvalue weighted by Crippen LogP contribution is 2.22. The van der Waals surface area contributed by atoms with Crippen molar-refractivity contribution in [1.29, 1.82) is 0 Å². The van der Waals surface area contributed by atoms with Gasteiger partial charge in [0.15, 0.2) is 9.84 Å². The predicted octanol–water partition coefficient (Wildman–Crippen LogP) is 2.35. The number of benzene rings is 1. The first-order valence-corrected chi connectivity index (χ1v) is 9.72. The normalized spacial score (nSPS) is 20.4. The van der Waals surface area contributed by atoms with Crippen LogP contribution in [0.1, 0.15) is 23.4 Å². The highest BCUT2D eigenvalue weighted by molar-refractivity contribution is 7.91. The molecule has 2 heterocycles. The highest BCUT2D eigenvalue weighted by atomic mass is 32.2. The number of aromatic amines is 1. The summed E-state index contributed by atoms with van der Waals surface area (Å²) in [4.78, 5) is 10.2. The van der Waals surface area contributed by atoms with Gasteiger partial charge >= 0.3 is 0 Å². The molecule has 6 heteroatoms. The molecule has 1 aliphatic rings. The Kier molecular flexibility index (Phi) is 4.29. The molecule has 0 aliphatic carbocycles. The van der Waals surface area contributed by atoms with Crippen LogP contribution in [-0.4, -0.2) is 47.4 Å². The van der Waals surface area contributed by atoms with Crippen molar-refractivity contribution in [3.05, 3.63) is 41.7 Å². The Balaban J connectivity index is 1.86. The summed E-state index contributed by atoms with van der Waals surface area (Å²) in [5, 5.41) is 0. The molecule has 1 fully saturated rings. The number of hydrogen-bond acceptors (Lipinski definition) is 4. The van der Waals surface area contributed by atoms with Crippen molar-refractivity contribution in [3.8, 4) is 0 Å². The molecular formula is C17H23N3O2S. The second kappa shape index (κ2) is 6.09. The van der Waals surface area contributed by atoms with Crippen LogP contribution in [0.2, 0.25) is 0 Å². The van der Waals surface area contributed by atoms with Gasteiger partial charge in [0.1, 0.15) is 5.82 Å². The number of rotatable bonds is 5. The quantitative estimate of drug-likeness (QED) is 0.853. The Morgan fingerprint density at radius 2 is 2.22 bits per heavy atom. The molecule has 1 atom stereocenters. The average molecular weight is 333 g/mol. The molecule has 0 spiro atoms. The van der Waals surface area contributed by atoms with Gasteiger partial charge in [0.25, 0.3) is 0 Å². The van der Waals surface area contributed by atoms with E-state index < -0.39 is 9.84 Å². The summed E-state index contributed by atoms with van der Waals surface area (Å²) < 4.78 is 23.5. The Morgan fingerprint density at radius 3 is 2.87 bits per heavy atom. The van der Waals surface area contributed by atoms with Crippen molar-refractivity contribution in [1.82, 2.24) is 14.9 Å². The van der Waals surface area contributed by atoms with Crippen LogP contribution >= 0.6 is 0 Å². The fourth-order valence-electron chi connectivity index (χ4n) is 3.20. The van der Waals surface area contributed by atoms with Crippen LogP contribution in [-0.2, 0) is 16.4 Å². The van der Waals surface area contributed by atoms with Crippen molar-refractivity contribution in [2.45, 2.75) is 32.9 Å². The Bertz CT molecular complexity index is 839. The van der Waals surface area contributed by atoms with Crippen LogP contribution in [0.25, 0.3) is 11.0 Å². The average Bonchev–Trinajstić information content (AvgIpc) is 3.06. The van der Waals surface area contributed by atoms with Crippen LogP contribution in [0.15, 0.2) is 24.8 Å². The van der Waals surface area contributed by atoms with Crippen molar-refractivity contribution < 1.29 is 8.42 Å². The zero-order valence-electron chi connectivity index (χ0n) is 13.7. The van der Waals surface area contributed by atoms with Gasteiger partial charge in [-0.15, -0.1) is 6.58 Å². The second-order valence-corrected chi connectivity index (χ2v) is 8.59. The first-order chi connectivity index (χ1) is 10.9. The van der Waals surface area contributed by atoms with Gasteiger partial charge in [-0.1, -0.05) is 12.1 Å². The molecule has 1 aromatic carbocycles. The number of H-pyrrole nitrogens is 1. The lowest BCUT2D eigenvalue weighted by Gasteiger charge is -2.25. The largest absolute Gasteiger partial charge is 0.341 e. The van der Waals surface area contributed by atoms with E-state index in [1.165, 1.54) is 11.1 Å². The third-order valence-corrected chi connectivity index (χ3v) is 6.42. The van der Waals surface area contributed by atoms with Crippen LogP contribution < -0.4 is 0 Å². The molecule has 124 valence electrons. The van der Waals surface area contributed by atoms with E-state index in [1.54, 1.807) is 0 Å². The molecule has 0 amide bonds. The molecule has 23 heavy (non-hydrogen) atoms. The fraction of sp³-hybridized carbons (Fsp3) is 0.471. The summed E-state index contributed by atoms with van der Waals surface area (Å²) in [6.45, 7) is 9.23. The fourth-order valence-corrected chi connectivity index (χ4v) is 4.97. The molecule has 0 bridgehead atoms. The van der Waals surface area contributed by atoms with E-state index >= 15 is 0 Å². The van der Waals surface area contributed by atoms with Crippen LogP contribution in [0.3, 0.4) is 0 Å². The van der Waals surface area contributed by atoms with Gasteiger partial charge in [-0.05, 0) is 37.5 Å². The summed E-state index contributed by atoms with van der Waals surface area (Å²) in [5.41, 5.74) is 4.43. The van der Waals surface area contributed by atoms with Gasteiger partial charge in [-0.2, -0.15) is 0 Å². The summed E-state index contributed by atoms with van der Waals surface area (Å²) in [7, 11) is -2.89. The molecule has 1 unspecified atom stereocenters. The maximum atomic E-state index is 11.7. The minimum absolute atomic E-state index is 0.0500.